The van der Waals surface area contributed by atoms with Crippen LogP contribution in [0, 0.1) is 5.92 Å². The van der Waals surface area contributed by atoms with Crippen molar-refractivity contribution in [1.82, 2.24) is 0 Å². The second-order valence-electron chi connectivity index (χ2n) is 5.63. The highest BCUT2D eigenvalue weighted by Gasteiger charge is 2.45. The largest absolute Gasteiger partial charge is 0.299 e. The predicted molar refractivity (Wildman–Crippen MR) is 81.8 cm³/mol. The van der Waals surface area contributed by atoms with Crippen LogP contribution in [0.3, 0.4) is 0 Å². The van der Waals surface area contributed by atoms with Gasteiger partial charge in [-0.25, -0.2) is 0 Å². The Morgan fingerprint density at radius 2 is 1.65 bits per heavy atom. The van der Waals surface area contributed by atoms with E-state index in [0.717, 1.165) is 12.8 Å². The molecule has 2 aromatic rings. The summed E-state index contributed by atoms with van der Waals surface area (Å²) in [5.41, 5.74) is 2.48. The average molecular weight is 264 g/mol. The van der Waals surface area contributed by atoms with Crippen LogP contribution in [-0.4, -0.2) is 5.78 Å². The van der Waals surface area contributed by atoms with Gasteiger partial charge in [-0.2, -0.15) is 0 Å². The lowest BCUT2D eigenvalue weighted by Crippen LogP contribution is -2.14. The first kappa shape index (κ1) is 13.1. The van der Waals surface area contributed by atoms with Gasteiger partial charge in [0.05, 0.1) is 0 Å². The Hall–Kier alpha value is -1.89. The predicted octanol–water partition coefficient (Wildman–Crippen LogP) is 4.55. The summed E-state index contributed by atoms with van der Waals surface area (Å²) in [4.78, 5) is 12.7. The minimum Gasteiger partial charge on any atom is -0.299 e. The summed E-state index contributed by atoms with van der Waals surface area (Å²) in [7, 11) is 0. The van der Waals surface area contributed by atoms with Crippen LogP contribution in [0.15, 0.2) is 60.7 Å². The van der Waals surface area contributed by atoms with Crippen molar-refractivity contribution in [1.29, 1.82) is 0 Å². The van der Waals surface area contributed by atoms with E-state index < -0.39 is 0 Å². The number of carbonyl (C=O) groups excluding carboxylic acids is 1. The monoisotopic (exact) mass is 264 g/mol. The van der Waals surface area contributed by atoms with E-state index in [4.69, 9.17) is 0 Å². The van der Waals surface area contributed by atoms with Crippen molar-refractivity contribution in [3.63, 3.8) is 0 Å². The zero-order valence-corrected chi connectivity index (χ0v) is 11.8. The molecule has 1 saturated carbocycles. The number of rotatable bonds is 5. The molecule has 1 aliphatic carbocycles. The quantitative estimate of drug-likeness (QED) is 0.774. The van der Waals surface area contributed by atoms with E-state index in [-0.39, 0.29) is 11.8 Å². The molecule has 0 N–H and O–H groups in total. The molecule has 2 aromatic carbocycles. The van der Waals surface area contributed by atoms with Gasteiger partial charge in [0, 0.05) is 11.8 Å². The van der Waals surface area contributed by atoms with Crippen molar-refractivity contribution in [2.24, 2.45) is 5.92 Å². The van der Waals surface area contributed by atoms with Crippen molar-refractivity contribution in [3.05, 3.63) is 71.8 Å². The summed E-state index contributed by atoms with van der Waals surface area (Å²) in [6, 6.07) is 20.6. The van der Waals surface area contributed by atoms with Crippen molar-refractivity contribution in [2.75, 3.05) is 0 Å². The van der Waals surface area contributed by atoms with Crippen molar-refractivity contribution in [2.45, 2.75) is 31.6 Å². The van der Waals surface area contributed by atoms with Crippen LogP contribution >= 0.6 is 0 Å². The second-order valence-corrected chi connectivity index (χ2v) is 5.63. The molecule has 0 aliphatic heterocycles. The van der Waals surface area contributed by atoms with Crippen molar-refractivity contribution >= 4 is 5.78 Å². The highest BCUT2D eigenvalue weighted by atomic mass is 16.1. The number of benzene rings is 2. The summed E-state index contributed by atoms with van der Waals surface area (Å²) in [5, 5.41) is 0. The Morgan fingerprint density at radius 3 is 2.25 bits per heavy atom. The van der Waals surface area contributed by atoms with Gasteiger partial charge in [-0.05, 0) is 29.9 Å². The molecule has 20 heavy (non-hydrogen) atoms. The zero-order chi connectivity index (χ0) is 13.9. The number of Topliss-reactive ketones (excluding diaryl/α,β-unsaturated/α-hetero) is 1. The van der Waals surface area contributed by atoms with Gasteiger partial charge in [0.15, 0.2) is 0 Å². The van der Waals surface area contributed by atoms with Gasteiger partial charge in [0.1, 0.15) is 5.78 Å². The fourth-order valence-corrected chi connectivity index (χ4v) is 3.12. The van der Waals surface area contributed by atoms with Crippen LogP contribution in [0.25, 0.3) is 0 Å². The smallest absolute Gasteiger partial charge is 0.144 e. The Labute approximate surface area is 120 Å². The molecule has 0 aromatic heterocycles. The van der Waals surface area contributed by atoms with Crippen LogP contribution in [0.1, 0.15) is 42.7 Å². The SMILES string of the molecule is CCC(C(=O)C1CC1c1ccccc1)c1ccccc1. The van der Waals surface area contributed by atoms with Crippen molar-refractivity contribution < 1.29 is 4.79 Å². The van der Waals surface area contributed by atoms with Gasteiger partial charge >= 0.3 is 0 Å². The number of ketones is 1. The minimum atomic E-state index is 0.0647. The average Bonchev–Trinajstić information content (AvgIpc) is 3.30. The third-order valence-corrected chi connectivity index (χ3v) is 4.34. The third kappa shape index (κ3) is 2.53. The molecule has 1 nitrogen and oxygen atoms in total. The first-order valence-corrected chi connectivity index (χ1v) is 7.45. The molecule has 102 valence electrons. The van der Waals surface area contributed by atoms with Crippen LogP contribution in [0.2, 0.25) is 0 Å². The van der Waals surface area contributed by atoms with Gasteiger partial charge in [0.25, 0.3) is 0 Å². The summed E-state index contributed by atoms with van der Waals surface area (Å²) in [5.74, 6) is 1.16. The maximum atomic E-state index is 12.7. The number of hydrogen-bond donors (Lipinski definition) is 0. The maximum absolute atomic E-state index is 12.7. The lowest BCUT2D eigenvalue weighted by molar-refractivity contribution is -0.121. The fraction of sp³-hybridized carbons (Fsp3) is 0.316. The Morgan fingerprint density at radius 1 is 1.05 bits per heavy atom. The highest BCUT2D eigenvalue weighted by molar-refractivity contribution is 5.91. The maximum Gasteiger partial charge on any atom is 0.144 e. The Kier molecular flexibility index (Phi) is 3.68. The minimum absolute atomic E-state index is 0.0647. The molecule has 0 heterocycles. The second kappa shape index (κ2) is 5.62. The number of hydrogen-bond acceptors (Lipinski definition) is 1. The van der Waals surface area contributed by atoms with Gasteiger partial charge < -0.3 is 0 Å². The van der Waals surface area contributed by atoms with Gasteiger partial charge in [0.2, 0.25) is 0 Å². The van der Waals surface area contributed by atoms with E-state index in [9.17, 15) is 4.79 Å². The molecule has 1 fully saturated rings. The first-order chi connectivity index (χ1) is 9.81. The molecule has 3 atom stereocenters. The first-order valence-electron chi connectivity index (χ1n) is 7.45. The molecule has 0 radical (unpaired) electrons. The summed E-state index contributed by atoms with van der Waals surface area (Å²) in [6.07, 6.45) is 1.91. The standard InChI is InChI=1S/C19H20O/c1-2-16(14-9-5-3-6-10-14)19(20)18-13-17(18)15-11-7-4-8-12-15/h3-12,16-18H,2,13H2,1H3. The molecule has 3 rings (SSSR count). The van der Waals surface area contributed by atoms with Crippen molar-refractivity contribution in [3.8, 4) is 0 Å². The molecule has 0 saturated heterocycles. The van der Waals surface area contributed by atoms with Gasteiger partial charge in [-0.3, -0.25) is 4.79 Å². The van der Waals surface area contributed by atoms with E-state index in [1.807, 2.05) is 24.3 Å². The number of carbonyl (C=O) groups is 1. The fourth-order valence-electron chi connectivity index (χ4n) is 3.12. The summed E-state index contributed by atoms with van der Waals surface area (Å²) in [6.45, 7) is 2.11. The molecular formula is C19H20O. The van der Waals surface area contributed by atoms with E-state index in [2.05, 4.69) is 43.3 Å². The van der Waals surface area contributed by atoms with Crippen LogP contribution < -0.4 is 0 Å². The molecular weight excluding hydrogens is 244 g/mol. The Bertz CT molecular complexity index is 573. The Balaban J connectivity index is 1.74. The van der Waals surface area contributed by atoms with Gasteiger partial charge in [-0.1, -0.05) is 67.6 Å². The molecule has 0 spiro atoms. The van der Waals surface area contributed by atoms with Crippen LogP contribution in [-0.2, 0) is 4.79 Å². The third-order valence-electron chi connectivity index (χ3n) is 4.34. The highest BCUT2D eigenvalue weighted by Crippen LogP contribution is 2.50. The lowest BCUT2D eigenvalue weighted by Gasteiger charge is -2.14. The molecule has 0 amide bonds. The normalized spacial score (nSPS) is 22.2. The molecule has 1 aliphatic rings. The lowest BCUT2D eigenvalue weighted by atomic mass is 9.89. The molecule has 0 bridgehead atoms. The van der Waals surface area contributed by atoms with Gasteiger partial charge in [-0.15, -0.1) is 0 Å². The van der Waals surface area contributed by atoms with Crippen LogP contribution in [0.5, 0.6) is 0 Å². The summed E-state index contributed by atoms with van der Waals surface area (Å²) < 4.78 is 0. The topological polar surface area (TPSA) is 17.1 Å². The van der Waals surface area contributed by atoms with E-state index >= 15 is 0 Å². The molecule has 1 heteroatoms. The van der Waals surface area contributed by atoms with E-state index in [0.29, 0.717) is 11.7 Å². The zero-order valence-electron chi connectivity index (χ0n) is 11.8. The van der Waals surface area contributed by atoms with E-state index in [1.165, 1.54) is 11.1 Å². The van der Waals surface area contributed by atoms with E-state index in [1.54, 1.807) is 0 Å². The summed E-state index contributed by atoms with van der Waals surface area (Å²) >= 11 is 0. The molecule has 3 unspecified atom stereocenters. The van der Waals surface area contributed by atoms with Crippen LogP contribution in [0.4, 0.5) is 0 Å².